The molecule has 70 valence electrons. The minimum absolute atomic E-state index is 0.136. The van der Waals surface area contributed by atoms with Gasteiger partial charge in [-0.3, -0.25) is 4.79 Å². The topological polar surface area (TPSA) is 63.3 Å². The number of thiol groups is 1. The molecule has 0 unspecified atom stereocenters. The molecule has 3 N–H and O–H groups in total. The van der Waals surface area contributed by atoms with Crippen molar-refractivity contribution in [3.63, 3.8) is 0 Å². The summed E-state index contributed by atoms with van der Waals surface area (Å²) in [5, 5.41) is 8.45. The minimum Gasteiger partial charge on any atom is -0.481 e. The Morgan fingerprint density at radius 2 is 2.23 bits per heavy atom. The van der Waals surface area contributed by atoms with Gasteiger partial charge < -0.3 is 10.8 Å². The van der Waals surface area contributed by atoms with E-state index >= 15 is 0 Å². The molecular weight excluding hydrogens is 186 g/mol. The Bertz CT molecular complexity index is 325. The molecule has 0 bridgehead atoms. The smallest absolute Gasteiger partial charge is 0.303 e. The van der Waals surface area contributed by atoms with Crippen molar-refractivity contribution < 1.29 is 9.90 Å². The lowest BCUT2D eigenvalue weighted by Crippen LogP contribution is -1.98. The van der Waals surface area contributed by atoms with Gasteiger partial charge in [0.15, 0.2) is 0 Å². The van der Waals surface area contributed by atoms with Crippen LogP contribution in [0.25, 0.3) is 0 Å². The molecule has 0 aliphatic heterocycles. The number of rotatable bonds is 3. The molecule has 1 rings (SSSR count). The lowest BCUT2D eigenvalue weighted by atomic mass is 10.1. The summed E-state index contributed by atoms with van der Waals surface area (Å²) in [5.41, 5.74) is 7.11. The minimum atomic E-state index is -0.794. The quantitative estimate of drug-likeness (QED) is 0.509. The van der Waals surface area contributed by atoms with Gasteiger partial charge >= 0.3 is 5.97 Å². The van der Waals surface area contributed by atoms with Crippen molar-refractivity contribution in [3.8, 4) is 0 Å². The number of aliphatic carboxylic acids is 1. The molecule has 0 aliphatic rings. The van der Waals surface area contributed by atoms with E-state index in [9.17, 15) is 4.79 Å². The molecule has 0 fully saturated rings. The van der Waals surface area contributed by atoms with E-state index in [2.05, 4.69) is 12.6 Å². The maximum Gasteiger partial charge on any atom is 0.303 e. The molecule has 1 aromatic carbocycles. The summed E-state index contributed by atoms with van der Waals surface area (Å²) < 4.78 is 0. The van der Waals surface area contributed by atoms with E-state index in [1.54, 1.807) is 12.1 Å². The van der Waals surface area contributed by atoms with Gasteiger partial charge in [0.25, 0.3) is 0 Å². The van der Waals surface area contributed by atoms with Gasteiger partial charge in [-0.2, -0.15) is 0 Å². The van der Waals surface area contributed by atoms with Crippen LogP contribution < -0.4 is 5.73 Å². The molecular formula is C9H11NO2S. The number of carboxylic acid groups (broad SMARTS) is 1. The van der Waals surface area contributed by atoms with E-state index in [4.69, 9.17) is 10.8 Å². The van der Waals surface area contributed by atoms with Gasteiger partial charge in [0.2, 0.25) is 0 Å². The van der Waals surface area contributed by atoms with Crippen molar-refractivity contribution in [2.75, 3.05) is 5.73 Å². The second kappa shape index (κ2) is 4.18. The van der Waals surface area contributed by atoms with Crippen LogP contribution in [0.3, 0.4) is 0 Å². The largest absolute Gasteiger partial charge is 0.481 e. The zero-order valence-corrected chi connectivity index (χ0v) is 7.92. The molecule has 1 aromatic rings. The zero-order chi connectivity index (χ0) is 9.84. The normalized spacial score (nSPS) is 9.92. The average Bonchev–Trinajstić information content (AvgIpc) is 2.07. The number of nitrogen functional groups attached to an aromatic ring is 1. The van der Waals surface area contributed by atoms with Gasteiger partial charge in [-0.1, -0.05) is 6.07 Å². The summed E-state index contributed by atoms with van der Waals surface area (Å²) in [6.07, 6.45) is 0.653. The number of hydrogen-bond acceptors (Lipinski definition) is 3. The van der Waals surface area contributed by atoms with Crippen LogP contribution in [0.2, 0.25) is 0 Å². The lowest BCUT2D eigenvalue weighted by Gasteiger charge is -2.02. The third-order valence-corrected chi connectivity index (χ3v) is 2.11. The second-order valence-corrected chi connectivity index (χ2v) is 3.27. The van der Waals surface area contributed by atoms with Crippen molar-refractivity contribution in [2.24, 2.45) is 0 Å². The van der Waals surface area contributed by atoms with Crippen molar-refractivity contribution in [1.82, 2.24) is 0 Å². The van der Waals surface area contributed by atoms with Gasteiger partial charge in [0.1, 0.15) is 0 Å². The fraction of sp³-hybridized carbons (Fsp3) is 0.222. The highest BCUT2D eigenvalue weighted by atomic mass is 32.1. The van der Waals surface area contributed by atoms with Crippen LogP contribution in [0.4, 0.5) is 5.69 Å². The van der Waals surface area contributed by atoms with Gasteiger partial charge in [-0.15, -0.1) is 12.6 Å². The van der Waals surface area contributed by atoms with Crippen molar-refractivity contribution in [1.29, 1.82) is 0 Å². The first-order valence-electron chi connectivity index (χ1n) is 3.89. The fourth-order valence-electron chi connectivity index (χ4n) is 0.996. The van der Waals surface area contributed by atoms with Crippen molar-refractivity contribution in [3.05, 3.63) is 23.8 Å². The monoisotopic (exact) mass is 197 g/mol. The molecule has 13 heavy (non-hydrogen) atoms. The van der Waals surface area contributed by atoms with E-state index in [-0.39, 0.29) is 6.42 Å². The molecule has 0 atom stereocenters. The highest BCUT2D eigenvalue weighted by Crippen LogP contribution is 2.18. The molecule has 0 amide bonds. The predicted octanol–water partition coefficient (Wildman–Crippen LogP) is 1.57. The Balaban J connectivity index is 2.68. The first kappa shape index (κ1) is 9.92. The number of anilines is 1. The Kier molecular flexibility index (Phi) is 3.19. The summed E-state index contributed by atoms with van der Waals surface area (Å²) in [4.78, 5) is 11.0. The fourth-order valence-corrected chi connectivity index (χ4v) is 1.24. The Morgan fingerprint density at radius 1 is 1.54 bits per heavy atom. The summed E-state index contributed by atoms with van der Waals surface area (Å²) in [6, 6.07) is 5.35. The van der Waals surface area contributed by atoms with Gasteiger partial charge in [-0.05, 0) is 24.1 Å². The Morgan fingerprint density at radius 3 is 2.77 bits per heavy atom. The standard InChI is InChI=1S/C9H11NO2S/c10-7-3-1-6(5-8(7)13)2-4-9(11)12/h1,3,5,13H,2,4,10H2,(H,11,12). The Hall–Kier alpha value is -1.16. The van der Waals surface area contributed by atoms with E-state index in [1.165, 1.54) is 0 Å². The molecule has 0 aliphatic carbocycles. The second-order valence-electron chi connectivity index (χ2n) is 2.79. The van der Waals surface area contributed by atoms with Gasteiger partial charge in [0.05, 0.1) is 0 Å². The molecule has 0 saturated heterocycles. The number of benzene rings is 1. The van der Waals surface area contributed by atoms with Crippen LogP contribution in [-0.2, 0) is 11.2 Å². The summed E-state index contributed by atoms with van der Waals surface area (Å²) >= 11 is 4.14. The lowest BCUT2D eigenvalue weighted by molar-refractivity contribution is -0.136. The third-order valence-electron chi connectivity index (χ3n) is 1.72. The van der Waals surface area contributed by atoms with Crippen molar-refractivity contribution >= 4 is 24.3 Å². The number of hydrogen-bond donors (Lipinski definition) is 3. The van der Waals surface area contributed by atoms with Crippen LogP contribution in [-0.4, -0.2) is 11.1 Å². The number of aryl methyl sites for hydroxylation is 1. The molecule has 0 saturated carbocycles. The number of carbonyl (C=O) groups is 1. The Labute approximate surface area is 82.0 Å². The SMILES string of the molecule is Nc1ccc(CCC(=O)O)cc1S. The summed E-state index contributed by atoms with van der Waals surface area (Å²) in [5.74, 6) is -0.794. The van der Waals surface area contributed by atoms with E-state index in [0.29, 0.717) is 17.0 Å². The molecule has 3 nitrogen and oxygen atoms in total. The zero-order valence-electron chi connectivity index (χ0n) is 7.03. The molecule has 0 heterocycles. The summed E-state index contributed by atoms with van der Waals surface area (Å²) in [6.45, 7) is 0. The molecule has 0 aromatic heterocycles. The number of nitrogens with two attached hydrogens (primary N) is 1. The maximum absolute atomic E-state index is 10.3. The molecule has 0 radical (unpaired) electrons. The third kappa shape index (κ3) is 2.99. The van der Waals surface area contributed by atoms with Crippen LogP contribution >= 0.6 is 12.6 Å². The van der Waals surface area contributed by atoms with Crippen LogP contribution in [0, 0.1) is 0 Å². The summed E-state index contributed by atoms with van der Waals surface area (Å²) in [7, 11) is 0. The van der Waals surface area contributed by atoms with E-state index < -0.39 is 5.97 Å². The van der Waals surface area contributed by atoms with E-state index in [1.807, 2.05) is 6.07 Å². The van der Waals surface area contributed by atoms with Crippen LogP contribution in [0.1, 0.15) is 12.0 Å². The van der Waals surface area contributed by atoms with E-state index in [0.717, 1.165) is 5.56 Å². The molecule has 4 heteroatoms. The highest BCUT2D eigenvalue weighted by molar-refractivity contribution is 7.80. The average molecular weight is 197 g/mol. The first-order valence-corrected chi connectivity index (χ1v) is 4.33. The first-order chi connectivity index (χ1) is 6.09. The van der Waals surface area contributed by atoms with Crippen molar-refractivity contribution in [2.45, 2.75) is 17.7 Å². The van der Waals surface area contributed by atoms with Gasteiger partial charge in [0, 0.05) is 17.0 Å². The maximum atomic E-state index is 10.3. The van der Waals surface area contributed by atoms with Crippen LogP contribution in [0.5, 0.6) is 0 Å². The number of carboxylic acids is 1. The van der Waals surface area contributed by atoms with Gasteiger partial charge in [-0.25, -0.2) is 0 Å². The molecule has 0 spiro atoms. The predicted molar refractivity (Wildman–Crippen MR) is 54.1 cm³/mol. The van der Waals surface area contributed by atoms with Crippen LogP contribution in [0.15, 0.2) is 23.1 Å². The highest BCUT2D eigenvalue weighted by Gasteiger charge is 2.00.